The lowest BCUT2D eigenvalue weighted by molar-refractivity contribution is -0.150. The van der Waals surface area contributed by atoms with Crippen LogP contribution in [0, 0.1) is 0 Å². The first-order valence-electron chi connectivity index (χ1n) is 10.9. The van der Waals surface area contributed by atoms with E-state index in [0.29, 0.717) is 38.0 Å². The van der Waals surface area contributed by atoms with Crippen molar-refractivity contribution in [2.45, 2.75) is 21.4 Å². The van der Waals surface area contributed by atoms with Crippen LogP contribution in [0.4, 0.5) is 10.3 Å². The molecule has 4 rings (SSSR count). The Kier molecular flexibility index (Phi) is 9.56. The molecule has 2 aliphatic rings. The number of aromatic nitrogens is 2. The van der Waals surface area contributed by atoms with Crippen molar-refractivity contribution in [1.82, 2.24) is 20.2 Å². The van der Waals surface area contributed by atoms with Gasteiger partial charge in [-0.05, 0) is 0 Å². The number of amides is 2. The fraction of sp³-hybridized carbons (Fsp3) is 0.316. The number of carboxylic acids is 1. The SMILES string of the molecule is NC(N)=NCCSCc1nc(N)sc1SC1=C(C(=O)O)N2C(=O)C(NC(=O)/C(=N\O)c3nc(N)sc3Cl)C2SC1. The number of anilines is 2. The van der Waals surface area contributed by atoms with Gasteiger partial charge in [0.05, 0.1) is 16.4 Å². The first-order valence-corrected chi connectivity index (χ1v) is 16.0. The number of fused-ring (bicyclic) bond motifs is 1. The molecule has 1 fully saturated rings. The number of aliphatic carboxylic acids is 1. The molecule has 2 atom stereocenters. The predicted octanol–water partition coefficient (Wildman–Crippen LogP) is 0.591. The van der Waals surface area contributed by atoms with Crippen LogP contribution in [-0.4, -0.2) is 84.1 Å². The van der Waals surface area contributed by atoms with Gasteiger partial charge in [-0.2, -0.15) is 11.8 Å². The number of hydrogen-bond acceptors (Lipinski definition) is 15. The highest BCUT2D eigenvalue weighted by molar-refractivity contribution is 8.07. The largest absolute Gasteiger partial charge is 0.477 e. The standard InChI is InChI=1S/C19H21ClN10O5S5/c20-11-7(28-19(24)39-11)8(29-35)12(31)27-9-13(32)30-10(15(33)34)6(4-37-14(9)30)38-16-5(26-18(23)40-16)3-36-2-1-25-17(21)22/h9,14,35H,1-4H2,(H2,23,26)(H2,24,28)(H,27,31)(H,33,34)(H4,21,22,25)/b29-8-. The van der Waals surface area contributed by atoms with E-state index in [9.17, 15) is 24.7 Å². The van der Waals surface area contributed by atoms with Gasteiger partial charge in [-0.3, -0.25) is 19.5 Å². The van der Waals surface area contributed by atoms with Gasteiger partial charge in [0.15, 0.2) is 21.9 Å². The number of rotatable bonds is 11. The van der Waals surface area contributed by atoms with Crippen molar-refractivity contribution in [1.29, 1.82) is 0 Å². The minimum absolute atomic E-state index is 0.00866. The number of halogens is 1. The molecule has 2 unspecified atom stereocenters. The number of guanidine groups is 1. The van der Waals surface area contributed by atoms with Crippen LogP contribution in [-0.2, 0) is 20.1 Å². The Morgan fingerprint density at radius 3 is 2.58 bits per heavy atom. The third kappa shape index (κ3) is 6.36. The number of aliphatic imine (C=N–C) groups is 1. The molecule has 2 aromatic heterocycles. The number of carbonyl (C=O) groups excluding carboxylic acids is 2. The number of hydrogen-bond donors (Lipinski definition) is 7. The summed E-state index contributed by atoms with van der Waals surface area (Å²) in [4.78, 5) is 51.8. The Morgan fingerprint density at radius 2 is 1.95 bits per heavy atom. The fourth-order valence-electron chi connectivity index (χ4n) is 3.59. The minimum Gasteiger partial charge on any atom is -0.477 e. The first kappa shape index (κ1) is 30.1. The summed E-state index contributed by atoms with van der Waals surface area (Å²) in [5, 5.41) is 24.5. The maximum absolute atomic E-state index is 13.1. The summed E-state index contributed by atoms with van der Waals surface area (Å²) in [7, 11) is 0. The molecule has 40 heavy (non-hydrogen) atoms. The Bertz CT molecular complexity index is 1440. The van der Waals surface area contributed by atoms with Gasteiger partial charge in [0.25, 0.3) is 11.8 Å². The smallest absolute Gasteiger partial charge is 0.353 e. The third-order valence-corrected chi connectivity index (χ3v) is 10.9. The number of carboxylic acid groups (broad SMARTS) is 1. The van der Waals surface area contributed by atoms with E-state index in [1.165, 1.54) is 46.6 Å². The number of nitrogen functional groups attached to an aromatic ring is 2. The predicted molar refractivity (Wildman–Crippen MR) is 159 cm³/mol. The van der Waals surface area contributed by atoms with Gasteiger partial charge in [-0.1, -0.05) is 51.2 Å². The number of thiazole rings is 2. The van der Waals surface area contributed by atoms with E-state index in [1.807, 2.05) is 0 Å². The van der Waals surface area contributed by atoms with Gasteiger partial charge >= 0.3 is 5.97 Å². The van der Waals surface area contributed by atoms with Gasteiger partial charge in [0.1, 0.15) is 27.1 Å². The van der Waals surface area contributed by atoms with E-state index in [0.717, 1.165) is 16.2 Å². The maximum atomic E-state index is 13.1. The van der Waals surface area contributed by atoms with Crippen LogP contribution in [0.15, 0.2) is 25.0 Å². The second kappa shape index (κ2) is 12.7. The van der Waals surface area contributed by atoms with Crippen LogP contribution in [0.1, 0.15) is 11.4 Å². The zero-order chi connectivity index (χ0) is 29.1. The summed E-state index contributed by atoms with van der Waals surface area (Å²) >= 11 is 12.1. The quantitative estimate of drug-likeness (QED) is 0.0433. The zero-order valence-electron chi connectivity index (χ0n) is 20.1. The summed E-state index contributed by atoms with van der Waals surface area (Å²) in [6, 6.07) is -1.07. The molecule has 0 spiro atoms. The van der Waals surface area contributed by atoms with Gasteiger partial charge in [-0.25, -0.2) is 14.8 Å². The molecule has 2 aromatic rings. The monoisotopic (exact) mass is 664 g/mol. The Morgan fingerprint density at radius 1 is 1.23 bits per heavy atom. The van der Waals surface area contributed by atoms with Crippen molar-refractivity contribution in [2.75, 3.05) is 29.5 Å². The van der Waals surface area contributed by atoms with Crippen molar-refractivity contribution < 1.29 is 24.7 Å². The number of β-lactam (4-membered cyclic amide) rings is 1. The molecule has 0 saturated carbocycles. The van der Waals surface area contributed by atoms with E-state index in [1.54, 1.807) is 0 Å². The number of nitrogens with zero attached hydrogens (tertiary/aromatic N) is 5. The Labute approximate surface area is 251 Å². The van der Waals surface area contributed by atoms with Crippen molar-refractivity contribution in [3.63, 3.8) is 0 Å². The average molecular weight is 665 g/mol. The molecule has 0 aromatic carbocycles. The van der Waals surface area contributed by atoms with Crippen LogP contribution in [0.25, 0.3) is 0 Å². The Balaban J connectivity index is 1.48. The Hall–Kier alpha value is -2.91. The molecule has 214 valence electrons. The number of oxime groups is 1. The molecule has 11 N–H and O–H groups in total. The normalized spacial score (nSPS) is 18.8. The van der Waals surface area contributed by atoms with Crippen molar-refractivity contribution in [3.8, 4) is 0 Å². The molecule has 0 radical (unpaired) electrons. The van der Waals surface area contributed by atoms with Crippen molar-refractivity contribution in [3.05, 3.63) is 26.3 Å². The lowest BCUT2D eigenvalue weighted by Gasteiger charge is -2.49. The second-order valence-corrected chi connectivity index (χ2v) is 14.0. The van der Waals surface area contributed by atoms with Crippen LogP contribution in [0.5, 0.6) is 0 Å². The molecule has 15 nitrogen and oxygen atoms in total. The van der Waals surface area contributed by atoms with Gasteiger partial charge in [-0.15, -0.1) is 11.8 Å². The molecular weight excluding hydrogens is 644 g/mol. The molecule has 0 aliphatic carbocycles. The fourth-order valence-corrected chi connectivity index (χ4v) is 9.15. The summed E-state index contributed by atoms with van der Waals surface area (Å²) in [6.07, 6.45) is 0. The highest BCUT2D eigenvalue weighted by Gasteiger charge is 2.54. The van der Waals surface area contributed by atoms with Crippen LogP contribution in [0.2, 0.25) is 4.34 Å². The van der Waals surface area contributed by atoms with E-state index < -0.39 is 34.9 Å². The summed E-state index contributed by atoms with van der Waals surface area (Å²) in [6.45, 7) is 0.437. The summed E-state index contributed by atoms with van der Waals surface area (Å²) in [5.74, 6) is -1.45. The maximum Gasteiger partial charge on any atom is 0.353 e. The highest BCUT2D eigenvalue weighted by atomic mass is 35.5. The molecular formula is C19H21ClN10O5S5. The third-order valence-electron chi connectivity index (χ3n) is 5.23. The molecule has 2 aliphatic heterocycles. The molecule has 0 bridgehead atoms. The number of nitrogens with two attached hydrogens (primary N) is 4. The molecule has 1 saturated heterocycles. The molecule has 21 heteroatoms. The zero-order valence-corrected chi connectivity index (χ0v) is 24.9. The topological polar surface area (TPSA) is 262 Å². The van der Waals surface area contributed by atoms with Crippen LogP contribution >= 0.6 is 69.6 Å². The lowest BCUT2D eigenvalue weighted by atomic mass is 10.0. The molecule has 2 amide bonds. The number of carbonyl (C=O) groups is 3. The van der Waals surface area contributed by atoms with E-state index in [2.05, 4.69) is 25.4 Å². The average Bonchev–Trinajstić information content (AvgIpc) is 3.41. The highest BCUT2D eigenvalue weighted by Crippen LogP contribution is 2.47. The molecule has 4 heterocycles. The summed E-state index contributed by atoms with van der Waals surface area (Å²) < 4.78 is 0.739. The van der Waals surface area contributed by atoms with Crippen molar-refractivity contribution in [2.24, 2.45) is 21.6 Å². The second-order valence-electron chi connectivity index (χ2n) is 7.81. The van der Waals surface area contributed by atoms with Gasteiger partial charge in [0.2, 0.25) is 0 Å². The first-order chi connectivity index (χ1) is 19.0. The van der Waals surface area contributed by atoms with E-state index in [4.69, 9.17) is 34.5 Å². The lowest BCUT2D eigenvalue weighted by Crippen LogP contribution is -2.71. The summed E-state index contributed by atoms with van der Waals surface area (Å²) in [5.41, 5.74) is 22.0. The van der Waals surface area contributed by atoms with Gasteiger partial charge in [0, 0.05) is 22.2 Å². The van der Waals surface area contributed by atoms with Gasteiger partial charge < -0.3 is 38.6 Å². The van der Waals surface area contributed by atoms with E-state index >= 15 is 0 Å². The van der Waals surface area contributed by atoms with Crippen molar-refractivity contribution >= 4 is 109 Å². The van der Waals surface area contributed by atoms with Crippen LogP contribution in [0.3, 0.4) is 0 Å². The number of nitrogens with one attached hydrogen (secondary N) is 1. The van der Waals surface area contributed by atoms with Crippen LogP contribution < -0.4 is 28.3 Å². The number of thioether (sulfide) groups is 3. The minimum atomic E-state index is -1.29. The van der Waals surface area contributed by atoms with E-state index in [-0.39, 0.29) is 32.6 Å².